The van der Waals surface area contributed by atoms with Crippen LogP contribution in [-0.4, -0.2) is 0 Å². The zero-order chi connectivity index (χ0) is 6.99. The van der Waals surface area contributed by atoms with Gasteiger partial charge in [0.25, 0.3) is 0 Å². The van der Waals surface area contributed by atoms with E-state index >= 15 is 0 Å². The Hall–Kier alpha value is 0.0300. The molecule has 0 saturated carbocycles. The van der Waals surface area contributed by atoms with Crippen LogP contribution < -0.4 is 0 Å². The smallest absolute Gasteiger partial charge is 0.00296 e. The van der Waals surface area contributed by atoms with Crippen LogP contribution >= 0.6 is 11.6 Å². The third kappa shape index (κ3) is 37.0. The van der Waals surface area contributed by atoms with Crippen molar-refractivity contribution in [3.8, 4) is 0 Å². The highest BCUT2D eigenvalue weighted by Crippen LogP contribution is 1.93. The first kappa shape index (κ1) is 10.9. The summed E-state index contributed by atoms with van der Waals surface area (Å²) in [6, 6.07) is 0. The predicted octanol–water partition coefficient (Wildman–Crippen LogP) is 3.42. The minimum atomic E-state index is 0.884. The van der Waals surface area contributed by atoms with E-state index in [1.54, 1.807) is 0 Å². The van der Waals surface area contributed by atoms with E-state index in [9.17, 15) is 0 Å². The average Bonchev–Trinajstić information content (AvgIpc) is 1.69. The van der Waals surface area contributed by atoms with Crippen LogP contribution in [0.25, 0.3) is 0 Å². The summed E-state index contributed by atoms with van der Waals surface area (Å²) < 4.78 is 0. The van der Waals surface area contributed by atoms with Gasteiger partial charge in [0.15, 0.2) is 0 Å². The molecule has 0 aliphatic heterocycles. The quantitative estimate of drug-likeness (QED) is 0.516. The first-order chi connectivity index (χ1) is 3.68. The predicted molar refractivity (Wildman–Crippen MR) is 41.2 cm³/mol. The molecule has 0 aromatic heterocycles. The van der Waals surface area contributed by atoms with Crippen LogP contribution in [0.3, 0.4) is 0 Å². The Morgan fingerprint density at radius 1 is 1.62 bits per heavy atom. The second-order valence-electron chi connectivity index (χ2n) is 1.96. The van der Waals surface area contributed by atoms with Crippen molar-refractivity contribution in [2.75, 3.05) is 0 Å². The highest BCUT2D eigenvalue weighted by molar-refractivity contribution is 6.25. The maximum atomic E-state index is 4.76. The van der Waals surface area contributed by atoms with Crippen LogP contribution in [-0.2, 0) is 0 Å². The van der Waals surface area contributed by atoms with Crippen LogP contribution in [0.4, 0.5) is 0 Å². The van der Waals surface area contributed by atoms with E-state index in [0.29, 0.717) is 0 Å². The molecule has 0 aliphatic carbocycles. The number of rotatable bonds is 1. The van der Waals surface area contributed by atoms with E-state index in [2.05, 4.69) is 27.4 Å². The van der Waals surface area contributed by atoms with Crippen molar-refractivity contribution in [2.45, 2.75) is 27.2 Å². The molecule has 0 heterocycles. The summed E-state index contributed by atoms with van der Waals surface area (Å²) in [6.45, 7) is 9.77. The molecule has 0 aromatic carbocycles. The lowest BCUT2D eigenvalue weighted by atomic mass is 10.2. The molecule has 0 rings (SSSR count). The second-order valence-corrected chi connectivity index (χ2v) is 2.27. The van der Waals surface area contributed by atoms with Gasteiger partial charge in [0, 0.05) is 0 Å². The van der Waals surface area contributed by atoms with Gasteiger partial charge in [0.1, 0.15) is 0 Å². The maximum Gasteiger partial charge on any atom is -0.00296 e. The van der Waals surface area contributed by atoms with Gasteiger partial charge in [-0.3, -0.25) is 0 Å². The lowest BCUT2D eigenvalue weighted by Gasteiger charge is -1.90. The zero-order valence-corrected chi connectivity index (χ0v) is 6.70. The van der Waals surface area contributed by atoms with E-state index in [1.807, 2.05) is 0 Å². The third-order valence-corrected chi connectivity index (χ3v) is 0.816. The second kappa shape index (κ2) is 10.1. The Morgan fingerprint density at radius 3 is 1.75 bits per heavy atom. The molecular weight excluding hydrogens is 120 g/mol. The first-order valence-electron chi connectivity index (χ1n) is 2.90. The molecule has 0 N–H and O–H groups in total. The molecule has 0 aliphatic rings. The Balaban J connectivity index is 0. The van der Waals surface area contributed by atoms with Crippen LogP contribution in [0.1, 0.15) is 27.2 Å². The number of hydrogen-bond donors (Lipinski definition) is 0. The minimum Gasteiger partial charge on any atom is -0.0936 e. The lowest BCUT2D eigenvalue weighted by Crippen LogP contribution is -1.77. The highest BCUT2D eigenvalue weighted by atomic mass is 35.5. The van der Waals surface area contributed by atoms with Gasteiger partial charge in [-0.15, -0.1) is 0 Å². The van der Waals surface area contributed by atoms with Gasteiger partial charge in [-0.25, -0.2) is 0 Å². The topological polar surface area (TPSA) is 0 Å². The Kier molecular flexibility index (Phi) is 13.8. The Labute approximate surface area is 57.5 Å². The molecule has 8 heavy (non-hydrogen) atoms. The van der Waals surface area contributed by atoms with Crippen LogP contribution in [0.2, 0.25) is 0 Å². The van der Waals surface area contributed by atoms with E-state index in [1.165, 1.54) is 12.0 Å². The molecule has 0 unspecified atom stereocenters. The molecule has 0 aromatic rings. The molecule has 0 spiro atoms. The Morgan fingerprint density at radius 2 is 1.75 bits per heavy atom. The fraction of sp³-hybridized carbons (Fsp3) is 0.714. The van der Waals surface area contributed by atoms with Crippen LogP contribution in [0, 0.1) is 5.92 Å². The van der Waals surface area contributed by atoms with Gasteiger partial charge >= 0.3 is 0 Å². The van der Waals surface area contributed by atoms with Crippen molar-refractivity contribution in [1.29, 1.82) is 0 Å². The van der Waals surface area contributed by atoms with E-state index in [4.69, 9.17) is 11.6 Å². The van der Waals surface area contributed by atoms with Gasteiger partial charge < -0.3 is 0 Å². The summed E-state index contributed by atoms with van der Waals surface area (Å²) in [5, 5.41) is 0. The van der Waals surface area contributed by atoms with E-state index in [-0.39, 0.29) is 0 Å². The van der Waals surface area contributed by atoms with Crippen molar-refractivity contribution in [2.24, 2.45) is 5.92 Å². The summed E-state index contributed by atoms with van der Waals surface area (Å²) in [4.78, 5) is 0. The fourth-order valence-corrected chi connectivity index (χ4v) is 0. The van der Waals surface area contributed by atoms with Gasteiger partial charge in [0.05, 0.1) is 0 Å². The van der Waals surface area contributed by atoms with Crippen molar-refractivity contribution in [3.05, 3.63) is 12.1 Å². The first-order valence-corrected chi connectivity index (χ1v) is 3.33. The summed E-state index contributed by atoms with van der Waals surface area (Å²) in [5.41, 5.74) is 1.22. The number of halogens is 1. The zero-order valence-electron chi connectivity index (χ0n) is 5.95. The van der Waals surface area contributed by atoms with Crippen LogP contribution in [0.5, 0.6) is 0 Å². The summed E-state index contributed by atoms with van der Waals surface area (Å²) in [7, 11) is 0. The molecule has 0 bridgehead atoms. The molecule has 0 fully saturated rings. The van der Waals surface area contributed by atoms with Crippen molar-refractivity contribution < 1.29 is 0 Å². The van der Waals surface area contributed by atoms with Crippen molar-refractivity contribution >= 4 is 11.6 Å². The largest absolute Gasteiger partial charge is 0.0936 e. The van der Waals surface area contributed by atoms with E-state index < -0.39 is 0 Å². The minimum absolute atomic E-state index is 0.884. The molecule has 0 saturated heterocycles. The highest BCUT2D eigenvalue weighted by Gasteiger charge is 1.80. The Bertz CT molecular complexity index is 39.7. The normalized spacial score (nSPS) is 7.62. The summed E-state index contributed by atoms with van der Waals surface area (Å²) in [5.74, 6) is 0.884. The van der Waals surface area contributed by atoms with Crippen molar-refractivity contribution in [1.82, 2.24) is 0 Å². The van der Waals surface area contributed by atoms with Gasteiger partial charge in [0.2, 0.25) is 0 Å². The summed E-state index contributed by atoms with van der Waals surface area (Å²) in [6.07, 6.45) is 1.31. The lowest BCUT2D eigenvalue weighted by molar-refractivity contribution is 0.626. The van der Waals surface area contributed by atoms with Gasteiger partial charge in [-0.1, -0.05) is 45.4 Å². The van der Waals surface area contributed by atoms with Crippen LogP contribution in [0.15, 0.2) is 12.1 Å². The molecular formula is C7H15Cl. The monoisotopic (exact) mass is 134 g/mol. The third-order valence-electron chi connectivity index (χ3n) is 0.816. The number of hydrogen-bond acceptors (Lipinski definition) is 0. The standard InChI is InChI=1S/C5H12.C2H3Cl/c1-4-5(2)3;1-2-3/h5H,4H2,1-3H3;2H,1H2. The molecule has 1 heteroatoms. The molecule has 0 amide bonds. The van der Waals surface area contributed by atoms with Gasteiger partial charge in [-0.2, -0.15) is 0 Å². The molecule has 0 atom stereocenters. The fourth-order valence-electron chi connectivity index (χ4n) is 0. The average molecular weight is 135 g/mol. The molecule has 50 valence electrons. The summed E-state index contributed by atoms with van der Waals surface area (Å²) >= 11 is 4.76. The van der Waals surface area contributed by atoms with Gasteiger partial charge in [-0.05, 0) is 11.5 Å². The van der Waals surface area contributed by atoms with Crippen molar-refractivity contribution in [3.63, 3.8) is 0 Å². The molecule has 0 nitrogen and oxygen atoms in total. The van der Waals surface area contributed by atoms with E-state index in [0.717, 1.165) is 5.92 Å². The maximum absolute atomic E-state index is 4.76. The SMILES string of the molecule is C=CCl.CCC(C)C. The molecule has 0 radical (unpaired) electrons.